The van der Waals surface area contributed by atoms with E-state index in [4.69, 9.17) is 18.3 Å². The van der Waals surface area contributed by atoms with Gasteiger partial charge >= 0.3 is 0 Å². The highest BCUT2D eigenvalue weighted by Gasteiger charge is 2.37. The van der Waals surface area contributed by atoms with Crippen LogP contribution in [0.5, 0.6) is 0 Å². The van der Waals surface area contributed by atoms with E-state index in [0.717, 1.165) is 6.42 Å². The van der Waals surface area contributed by atoms with Crippen molar-refractivity contribution < 1.29 is 40.4 Å². The third kappa shape index (κ3) is 21.4. The Morgan fingerprint density at radius 1 is 0.833 bits per heavy atom. The second-order valence-electron chi connectivity index (χ2n) is 11.0. The number of hydrogen-bond acceptors (Lipinski definition) is 9. The van der Waals surface area contributed by atoms with E-state index in [2.05, 4.69) is 20.8 Å². The summed E-state index contributed by atoms with van der Waals surface area (Å²) in [6.45, 7) is 22.3. The first kappa shape index (κ1) is 38.6. The van der Waals surface area contributed by atoms with Gasteiger partial charge in [-0.25, -0.2) is 8.42 Å². The summed E-state index contributed by atoms with van der Waals surface area (Å²) >= 11 is 0. The molecule has 1 aliphatic rings. The molecular formula is C23H53O9P3S. The average Bonchev–Trinajstić information content (AvgIpc) is 2.88. The molecule has 0 amide bonds. The molecule has 1 rings (SSSR count). The van der Waals surface area contributed by atoms with Gasteiger partial charge < -0.3 is 18.3 Å². The quantitative estimate of drug-likeness (QED) is 0.257. The molecule has 0 bridgehead atoms. The van der Waals surface area contributed by atoms with Gasteiger partial charge in [-0.1, -0.05) is 34.6 Å². The van der Waals surface area contributed by atoms with Crippen LogP contribution in [-0.4, -0.2) is 91.9 Å². The highest BCUT2D eigenvalue weighted by Crippen LogP contribution is 2.42. The van der Waals surface area contributed by atoms with Gasteiger partial charge in [0.15, 0.2) is 31.9 Å². The van der Waals surface area contributed by atoms with E-state index in [0.29, 0.717) is 18.4 Å². The Balaban J connectivity index is 0. The van der Waals surface area contributed by atoms with Crippen molar-refractivity contribution in [1.82, 2.24) is 0 Å². The van der Waals surface area contributed by atoms with E-state index in [-0.39, 0.29) is 35.7 Å². The molecule has 13 heteroatoms. The summed E-state index contributed by atoms with van der Waals surface area (Å²) in [4.78, 5) is 0. The molecule has 5 atom stereocenters. The number of hydrogen-bond donors (Lipinski definition) is 0. The van der Waals surface area contributed by atoms with Gasteiger partial charge in [0.25, 0.3) is 0 Å². The first-order valence-electron chi connectivity index (χ1n) is 12.3. The Morgan fingerprint density at radius 2 is 1.31 bits per heavy atom. The highest BCUT2D eigenvalue weighted by molar-refractivity contribution is 7.91. The maximum Gasteiger partial charge on any atom is 0.197 e. The van der Waals surface area contributed by atoms with Crippen molar-refractivity contribution >= 4 is 31.9 Å². The normalized spacial score (nSPS) is 22.6. The number of ether oxygens (including phenoxy) is 1. The van der Waals surface area contributed by atoms with Crippen LogP contribution in [0.15, 0.2) is 0 Å². The maximum absolute atomic E-state index is 11.3. The minimum Gasteiger partial charge on any atom is -0.382 e. The van der Waals surface area contributed by atoms with Crippen molar-refractivity contribution in [1.29, 1.82) is 0 Å². The van der Waals surface area contributed by atoms with Gasteiger partial charge in [-0.3, -0.25) is 13.7 Å². The summed E-state index contributed by atoms with van der Waals surface area (Å²) in [5.41, 5.74) is 0. The summed E-state index contributed by atoms with van der Waals surface area (Å²) < 4.78 is 76.9. The zero-order valence-electron chi connectivity index (χ0n) is 24.7. The van der Waals surface area contributed by atoms with Crippen LogP contribution in [0.2, 0.25) is 0 Å². The smallest absolute Gasteiger partial charge is 0.197 e. The summed E-state index contributed by atoms with van der Waals surface area (Å²) in [6, 6.07) is 0. The molecule has 0 aromatic carbocycles. The van der Waals surface area contributed by atoms with Crippen LogP contribution >= 0.6 is 22.1 Å². The predicted octanol–water partition coefficient (Wildman–Crippen LogP) is 6.16. The van der Waals surface area contributed by atoms with Crippen LogP contribution < -0.4 is 0 Å². The molecule has 1 aliphatic heterocycles. The molecular weight excluding hydrogens is 545 g/mol. The molecule has 36 heavy (non-hydrogen) atoms. The summed E-state index contributed by atoms with van der Waals surface area (Å²) in [5.74, 6) is 1.15. The Labute approximate surface area is 221 Å². The van der Waals surface area contributed by atoms with E-state index in [1.807, 2.05) is 20.8 Å². The zero-order valence-corrected chi connectivity index (χ0v) is 28.2. The Hall–Kier alpha value is 0.480. The monoisotopic (exact) mass is 598 g/mol. The average molecular weight is 599 g/mol. The fraction of sp³-hybridized carbons (Fsp3) is 1.00. The number of rotatable bonds is 11. The molecule has 0 aromatic heterocycles. The van der Waals surface area contributed by atoms with Crippen molar-refractivity contribution in [3.63, 3.8) is 0 Å². The molecule has 0 radical (unpaired) electrons. The lowest BCUT2D eigenvalue weighted by Crippen LogP contribution is -2.21. The van der Waals surface area contributed by atoms with Gasteiger partial charge in [0.2, 0.25) is 0 Å². The van der Waals surface area contributed by atoms with Gasteiger partial charge in [0, 0.05) is 47.1 Å². The van der Waals surface area contributed by atoms with E-state index in [1.54, 1.807) is 33.8 Å². The minimum absolute atomic E-state index is 0.0137. The second-order valence-corrected chi connectivity index (χ2v) is 21.3. The van der Waals surface area contributed by atoms with E-state index >= 15 is 0 Å². The first-order chi connectivity index (χ1) is 15.9. The summed E-state index contributed by atoms with van der Waals surface area (Å²) in [6.07, 6.45) is 0.511. The molecule has 5 unspecified atom stereocenters. The lowest BCUT2D eigenvalue weighted by Gasteiger charge is -2.25. The molecule has 0 aliphatic carbocycles. The van der Waals surface area contributed by atoms with Crippen molar-refractivity contribution in [3.05, 3.63) is 0 Å². The van der Waals surface area contributed by atoms with Gasteiger partial charge in [0.1, 0.15) is 0 Å². The van der Waals surface area contributed by atoms with Crippen LogP contribution in [0.4, 0.5) is 0 Å². The van der Waals surface area contributed by atoms with E-state index in [9.17, 15) is 22.1 Å². The topological polar surface area (TPSA) is 122 Å². The Bertz CT molecular complexity index is 858. The SMILES string of the molecule is CC(C)C(C)C(C)OP(C)(C)=O.CC1CS(=O)(=O)CC1OP(C)(C)=O.CCC(COC)OP(C)(C)=O. The molecule has 0 N–H and O–H groups in total. The number of sulfone groups is 1. The lowest BCUT2D eigenvalue weighted by atomic mass is 9.93. The van der Waals surface area contributed by atoms with Crippen molar-refractivity contribution in [2.45, 2.75) is 66.3 Å². The molecule has 1 saturated heterocycles. The Morgan fingerprint density at radius 3 is 1.58 bits per heavy atom. The minimum atomic E-state index is -2.96. The van der Waals surface area contributed by atoms with Crippen LogP contribution in [0.25, 0.3) is 0 Å². The summed E-state index contributed by atoms with van der Waals surface area (Å²) in [7, 11) is -8.59. The molecule has 220 valence electrons. The fourth-order valence-electron chi connectivity index (χ4n) is 3.26. The third-order valence-corrected chi connectivity index (χ3v) is 9.68. The molecule has 0 saturated carbocycles. The van der Waals surface area contributed by atoms with Crippen LogP contribution in [-0.2, 0) is 41.8 Å². The maximum atomic E-state index is 11.3. The third-order valence-electron chi connectivity index (χ3n) is 5.38. The first-order valence-corrected chi connectivity index (χ1v) is 21.7. The molecule has 0 aromatic rings. The van der Waals surface area contributed by atoms with Crippen molar-refractivity contribution in [2.75, 3.05) is 65.2 Å². The van der Waals surface area contributed by atoms with Gasteiger partial charge in [-0.05, 0) is 31.1 Å². The van der Waals surface area contributed by atoms with Crippen LogP contribution in [0.1, 0.15) is 48.0 Å². The zero-order chi connectivity index (χ0) is 29.1. The largest absolute Gasteiger partial charge is 0.382 e. The molecule has 9 nitrogen and oxygen atoms in total. The van der Waals surface area contributed by atoms with E-state index < -0.39 is 31.9 Å². The molecule has 1 heterocycles. The van der Waals surface area contributed by atoms with Crippen LogP contribution in [0.3, 0.4) is 0 Å². The van der Waals surface area contributed by atoms with Gasteiger partial charge in [-0.15, -0.1) is 0 Å². The summed E-state index contributed by atoms with van der Waals surface area (Å²) in [5, 5.41) is 0. The highest BCUT2D eigenvalue weighted by atomic mass is 32.2. The van der Waals surface area contributed by atoms with Gasteiger partial charge in [0.05, 0.1) is 36.4 Å². The second kappa shape index (κ2) is 16.6. The standard InChI is InChI=1S/C9H21O2P.C7H15O4PS.C7H17O3P/c1-7(2)8(3)9(4)11-12(5,6)10;1-6-4-13(9,10)5-7(6)11-12(2,3)8;1-5-7(6-9-2)10-11(3,4)8/h7-9H,1-6H3;6-7H,4-5H2,1-3H3;7H,5-6H2,1-4H3. The fourth-order valence-corrected chi connectivity index (χ4v) is 8.26. The molecule has 1 fully saturated rings. The van der Waals surface area contributed by atoms with Crippen molar-refractivity contribution in [3.8, 4) is 0 Å². The van der Waals surface area contributed by atoms with Crippen molar-refractivity contribution in [2.24, 2.45) is 17.8 Å². The van der Waals surface area contributed by atoms with Gasteiger partial charge in [-0.2, -0.15) is 0 Å². The van der Waals surface area contributed by atoms with Crippen LogP contribution in [0, 0.1) is 17.8 Å². The Kier molecular flexibility index (Phi) is 17.8. The molecule has 0 spiro atoms. The number of methoxy groups -OCH3 is 1. The lowest BCUT2D eigenvalue weighted by molar-refractivity contribution is 0.0820. The predicted molar refractivity (Wildman–Crippen MR) is 153 cm³/mol. The van der Waals surface area contributed by atoms with E-state index in [1.165, 1.54) is 13.3 Å².